The van der Waals surface area contributed by atoms with E-state index >= 15 is 0 Å². The SMILES string of the molecule is CO[Si](OC)O[Si](CCCOCC1CO1)(OC)OC. The van der Waals surface area contributed by atoms with Crippen LogP contribution in [0, 0.1) is 0 Å². The molecule has 1 aliphatic rings. The Hall–Kier alpha value is 0.154. The van der Waals surface area contributed by atoms with Crippen LogP contribution < -0.4 is 0 Å². The molecule has 0 aromatic heterocycles. The molecule has 7 nitrogen and oxygen atoms in total. The molecule has 1 saturated heterocycles. The summed E-state index contributed by atoms with van der Waals surface area (Å²) in [5.41, 5.74) is 0. The summed E-state index contributed by atoms with van der Waals surface area (Å²) in [5.74, 6) is 0. The van der Waals surface area contributed by atoms with Crippen LogP contribution in [0.2, 0.25) is 6.04 Å². The van der Waals surface area contributed by atoms with Crippen LogP contribution in [0.25, 0.3) is 0 Å². The van der Waals surface area contributed by atoms with Crippen LogP contribution in [0.1, 0.15) is 6.42 Å². The lowest BCUT2D eigenvalue weighted by atomic mass is 10.5. The first kappa shape index (κ1) is 17.2. The van der Waals surface area contributed by atoms with E-state index in [0.29, 0.717) is 25.4 Å². The summed E-state index contributed by atoms with van der Waals surface area (Å²) in [5, 5.41) is 0. The largest absolute Gasteiger partial charge is 0.569 e. The second-order valence-electron chi connectivity index (χ2n) is 3.99. The van der Waals surface area contributed by atoms with Gasteiger partial charge in [0.25, 0.3) is 0 Å². The molecule has 1 rings (SSSR count). The lowest BCUT2D eigenvalue weighted by Crippen LogP contribution is -2.49. The topological polar surface area (TPSA) is 67.9 Å². The third-order valence-electron chi connectivity index (χ3n) is 2.67. The molecule has 0 aliphatic carbocycles. The lowest BCUT2D eigenvalue weighted by Gasteiger charge is -2.28. The molecule has 0 N–H and O–H groups in total. The first-order valence-electron chi connectivity index (χ1n) is 6.13. The maximum absolute atomic E-state index is 5.75. The molecule has 0 aromatic rings. The third-order valence-corrected chi connectivity index (χ3v) is 7.46. The van der Waals surface area contributed by atoms with Gasteiger partial charge in [-0.1, -0.05) is 0 Å². The Balaban J connectivity index is 2.27. The summed E-state index contributed by atoms with van der Waals surface area (Å²) in [6.45, 7) is 2.10. The van der Waals surface area contributed by atoms with Crippen molar-refractivity contribution in [3.8, 4) is 0 Å². The van der Waals surface area contributed by atoms with E-state index in [-0.39, 0.29) is 0 Å². The van der Waals surface area contributed by atoms with Crippen molar-refractivity contribution in [1.29, 1.82) is 0 Å². The van der Waals surface area contributed by atoms with Crippen molar-refractivity contribution in [1.82, 2.24) is 0 Å². The summed E-state index contributed by atoms with van der Waals surface area (Å²) in [4.78, 5) is 0. The number of rotatable bonds is 12. The smallest absolute Gasteiger partial charge is 0.379 e. The Morgan fingerprint density at radius 3 is 2.26 bits per heavy atom. The Morgan fingerprint density at radius 1 is 1.16 bits per heavy atom. The predicted molar refractivity (Wildman–Crippen MR) is 70.6 cm³/mol. The van der Waals surface area contributed by atoms with Gasteiger partial charge in [0.15, 0.2) is 0 Å². The molecule has 0 amide bonds. The van der Waals surface area contributed by atoms with Gasteiger partial charge in [0, 0.05) is 41.1 Å². The summed E-state index contributed by atoms with van der Waals surface area (Å²) >= 11 is 0. The molecule has 9 heteroatoms. The zero-order chi connectivity index (χ0) is 14.1. The monoisotopic (exact) mass is 311 g/mol. The van der Waals surface area contributed by atoms with Crippen molar-refractivity contribution in [2.75, 3.05) is 48.3 Å². The van der Waals surface area contributed by atoms with Gasteiger partial charge in [-0.05, 0) is 6.42 Å². The van der Waals surface area contributed by atoms with Crippen LogP contribution in [0.15, 0.2) is 0 Å². The molecule has 1 radical (unpaired) electrons. The highest BCUT2D eigenvalue weighted by Gasteiger charge is 2.43. The summed E-state index contributed by atoms with van der Waals surface area (Å²) in [6, 6.07) is 0.659. The fourth-order valence-electron chi connectivity index (χ4n) is 1.49. The molecule has 1 heterocycles. The molecule has 0 saturated carbocycles. The zero-order valence-electron chi connectivity index (χ0n) is 12.0. The summed E-state index contributed by atoms with van der Waals surface area (Å²) in [6.07, 6.45) is 1.09. The molecule has 1 unspecified atom stereocenters. The fourth-order valence-corrected chi connectivity index (χ4v) is 5.56. The standard InChI is InChI=1S/C10H23O7Si2/c1-11-18(12-2)17-19(13-3,14-4)7-5-6-15-8-10-9-16-10/h10H,5-9H2,1-4H3. The van der Waals surface area contributed by atoms with Gasteiger partial charge in [0.1, 0.15) is 6.10 Å². The van der Waals surface area contributed by atoms with Crippen molar-refractivity contribution in [3.63, 3.8) is 0 Å². The van der Waals surface area contributed by atoms with Crippen LogP contribution in [-0.4, -0.2) is 72.7 Å². The predicted octanol–water partition coefficient (Wildman–Crippen LogP) is 0.318. The first-order valence-corrected chi connectivity index (χ1v) is 9.29. The van der Waals surface area contributed by atoms with Crippen molar-refractivity contribution in [3.05, 3.63) is 0 Å². The highest BCUT2D eigenvalue weighted by Crippen LogP contribution is 2.18. The van der Waals surface area contributed by atoms with Crippen molar-refractivity contribution in [2.45, 2.75) is 18.6 Å². The lowest BCUT2D eigenvalue weighted by molar-refractivity contribution is 0.0953. The minimum absolute atomic E-state index is 0.292. The van der Waals surface area contributed by atoms with Crippen LogP contribution in [0.4, 0.5) is 0 Å². The van der Waals surface area contributed by atoms with E-state index in [1.54, 1.807) is 28.4 Å². The Bertz CT molecular complexity index is 232. The third kappa shape index (κ3) is 6.42. The van der Waals surface area contributed by atoms with E-state index in [0.717, 1.165) is 13.0 Å². The molecule has 0 spiro atoms. The average molecular weight is 311 g/mol. The van der Waals surface area contributed by atoms with E-state index in [9.17, 15) is 0 Å². The average Bonchev–Trinajstić information content (AvgIpc) is 3.26. The van der Waals surface area contributed by atoms with Gasteiger partial charge < -0.3 is 31.3 Å². The van der Waals surface area contributed by atoms with E-state index in [4.69, 9.17) is 31.3 Å². The number of ether oxygens (including phenoxy) is 2. The molecule has 1 fully saturated rings. The van der Waals surface area contributed by atoms with E-state index in [2.05, 4.69) is 0 Å². The van der Waals surface area contributed by atoms with Crippen molar-refractivity contribution in [2.24, 2.45) is 0 Å². The van der Waals surface area contributed by atoms with Gasteiger partial charge in [0.05, 0.1) is 13.2 Å². The maximum atomic E-state index is 5.75. The Morgan fingerprint density at radius 2 is 1.79 bits per heavy atom. The Labute approximate surface area is 117 Å². The molecule has 0 aromatic carbocycles. The molecule has 1 aliphatic heterocycles. The minimum atomic E-state index is -2.73. The normalized spacial score (nSPS) is 19.1. The van der Waals surface area contributed by atoms with Crippen LogP contribution in [-0.2, 0) is 31.3 Å². The van der Waals surface area contributed by atoms with Crippen LogP contribution >= 0.6 is 0 Å². The fraction of sp³-hybridized carbons (Fsp3) is 1.00. The quantitative estimate of drug-likeness (QED) is 0.292. The number of epoxide rings is 1. The van der Waals surface area contributed by atoms with Gasteiger partial charge in [0.2, 0.25) is 0 Å². The van der Waals surface area contributed by atoms with Gasteiger partial charge in [-0.15, -0.1) is 0 Å². The summed E-state index contributed by atoms with van der Waals surface area (Å²) < 4.78 is 37.4. The van der Waals surface area contributed by atoms with E-state index in [1.165, 1.54) is 0 Å². The van der Waals surface area contributed by atoms with Crippen LogP contribution in [0.5, 0.6) is 0 Å². The van der Waals surface area contributed by atoms with Crippen molar-refractivity contribution < 1.29 is 31.3 Å². The molecule has 19 heavy (non-hydrogen) atoms. The highest BCUT2D eigenvalue weighted by atomic mass is 28.4. The Kier molecular flexibility index (Phi) is 8.29. The number of hydrogen-bond acceptors (Lipinski definition) is 7. The van der Waals surface area contributed by atoms with Gasteiger partial charge in [-0.2, -0.15) is 0 Å². The minimum Gasteiger partial charge on any atom is -0.379 e. The van der Waals surface area contributed by atoms with Crippen LogP contribution in [0.3, 0.4) is 0 Å². The number of hydrogen-bond donors (Lipinski definition) is 0. The highest BCUT2D eigenvalue weighted by molar-refractivity contribution is 6.67. The molecular formula is C10H23O7Si2. The van der Waals surface area contributed by atoms with Gasteiger partial charge >= 0.3 is 18.3 Å². The molecule has 1 atom stereocenters. The van der Waals surface area contributed by atoms with E-state index < -0.39 is 18.3 Å². The zero-order valence-corrected chi connectivity index (χ0v) is 14.0. The second kappa shape index (κ2) is 9.16. The van der Waals surface area contributed by atoms with E-state index in [1.807, 2.05) is 0 Å². The van der Waals surface area contributed by atoms with Gasteiger partial charge in [-0.3, -0.25) is 0 Å². The molecular weight excluding hydrogens is 288 g/mol. The first-order chi connectivity index (χ1) is 9.19. The molecule has 113 valence electrons. The second-order valence-corrected chi connectivity index (χ2v) is 8.80. The van der Waals surface area contributed by atoms with Crippen molar-refractivity contribution >= 4 is 18.3 Å². The summed E-state index contributed by atoms with van der Waals surface area (Å²) in [7, 11) is 1.73. The molecule has 0 bridgehead atoms. The van der Waals surface area contributed by atoms with Gasteiger partial charge in [-0.25, -0.2) is 0 Å². The maximum Gasteiger partial charge on any atom is 0.569 e.